The molecule has 2 aromatic carbocycles. The van der Waals surface area contributed by atoms with Crippen molar-refractivity contribution in [1.82, 2.24) is 0 Å². The van der Waals surface area contributed by atoms with Crippen molar-refractivity contribution < 1.29 is 31.1 Å². The van der Waals surface area contributed by atoms with E-state index in [1.54, 1.807) is 6.07 Å². The number of halogens is 6. The third kappa shape index (κ3) is 5.74. The Morgan fingerprint density at radius 2 is 1.52 bits per heavy atom. The smallest absolute Gasteiger partial charge is 0.426 e. The van der Waals surface area contributed by atoms with Crippen molar-refractivity contribution in [3.63, 3.8) is 0 Å². The van der Waals surface area contributed by atoms with Gasteiger partial charge in [0.1, 0.15) is 0 Å². The van der Waals surface area contributed by atoms with Gasteiger partial charge in [0.25, 0.3) is 0 Å². The van der Waals surface area contributed by atoms with Crippen LogP contribution in [0.25, 0.3) is 0 Å². The molecular formula is C24H26F6O. The molecule has 0 saturated heterocycles. The Labute approximate surface area is 178 Å². The minimum Gasteiger partial charge on any atom is -0.426 e. The normalized spacial score (nSPS) is 19.5. The van der Waals surface area contributed by atoms with Crippen LogP contribution in [0.3, 0.4) is 0 Å². The maximum atomic E-state index is 14.5. The van der Waals surface area contributed by atoms with Crippen molar-refractivity contribution in [2.24, 2.45) is 5.92 Å². The lowest BCUT2D eigenvalue weighted by Gasteiger charge is -2.29. The molecule has 0 spiro atoms. The summed E-state index contributed by atoms with van der Waals surface area (Å²) in [6, 6.07) is 4.08. The van der Waals surface area contributed by atoms with Gasteiger partial charge in [0.15, 0.2) is 29.0 Å². The van der Waals surface area contributed by atoms with Crippen LogP contribution in [-0.4, -0.2) is 0 Å². The summed E-state index contributed by atoms with van der Waals surface area (Å²) in [5.41, 5.74) is -0.521. The molecule has 0 aromatic heterocycles. The zero-order valence-corrected chi connectivity index (χ0v) is 17.4. The Morgan fingerprint density at radius 3 is 2.10 bits per heavy atom. The molecule has 2 aromatic rings. The fourth-order valence-corrected chi connectivity index (χ4v) is 4.24. The zero-order valence-electron chi connectivity index (χ0n) is 17.4. The van der Waals surface area contributed by atoms with E-state index < -0.39 is 40.7 Å². The fourth-order valence-electron chi connectivity index (χ4n) is 4.24. The van der Waals surface area contributed by atoms with Crippen molar-refractivity contribution in [3.8, 4) is 5.75 Å². The van der Waals surface area contributed by atoms with Crippen LogP contribution in [0.4, 0.5) is 26.3 Å². The Bertz CT molecular complexity index is 867. The minimum atomic E-state index is -4.24. The standard InChI is InChI=1S/C24H26F6O/c1-2-3-4-5-15-6-8-16(9-7-15)17-10-11-22(19(25)12-17)31-24(29,30)18-13-20(26)23(28)21(27)14-18/h10-16H,2-9H2,1H3. The van der Waals surface area contributed by atoms with Gasteiger partial charge in [-0.3, -0.25) is 0 Å². The second-order valence-corrected chi connectivity index (χ2v) is 8.28. The largest absolute Gasteiger partial charge is 0.427 e. The van der Waals surface area contributed by atoms with Crippen molar-refractivity contribution in [3.05, 3.63) is 64.7 Å². The van der Waals surface area contributed by atoms with E-state index in [0.29, 0.717) is 5.92 Å². The second-order valence-electron chi connectivity index (χ2n) is 8.28. The molecular weight excluding hydrogens is 418 g/mol. The van der Waals surface area contributed by atoms with Crippen LogP contribution in [0.2, 0.25) is 0 Å². The predicted octanol–water partition coefficient (Wildman–Crippen LogP) is 8.23. The van der Waals surface area contributed by atoms with Gasteiger partial charge in [-0.15, -0.1) is 0 Å². The third-order valence-electron chi connectivity index (χ3n) is 6.05. The van der Waals surface area contributed by atoms with E-state index in [-0.39, 0.29) is 18.1 Å². The molecule has 170 valence electrons. The number of alkyl halides is 2. The first-order valence-corrected chi connectivity index (χ1v) is 10.7. The number of unbranched alkanes of at least 4 members (excludes halogenated alkanes) is 2. The highest BCUT2D eigenvalue weighted by Gasteiger charge is 2.37. The molecule has 0 unspecified atom stereocenters. The molecule has 1 nitrogen and oxygen atoms in total. The van der Waals surface area contributed by atoms with Crippen molar-refractivity contribution >= 4 is 0 Å². The molecule has 1 fully saturated rings. The van der Waals surface area contributed by atoms with Gasteiger partial charge >= 0.3 is 6.11 Å². The zero-order chi connectivity index (χ0) is 22.6. The minimum absolute atomic E-state index is 0.129. The summed E-state index contributed by atoms with van der Waals surface area (Å²) in [6.07, 6.45) is 4.57. The van der Waals surface area contributed by atoms with Crippen LogP contribution < -0.4 is 4.74 Å². The number of hydrogen-bond donors (Lipinski definition) is 0. The van der Waals surface area contributed by atoms with Gasteiger partial charge in [-0.25, -0.2) is 17.6 Å². The summed E-state index contributed by atoms with van der Waals surface area (Å²) in [7, 11) is 0. The molecule has 0 bridgehead atoms. The van der Waals surface area contributed by atoms with E-state index in [2.05, 4.69) is 11.7 Å². The summed E-state index contributed by atoms with van der Waals surface area (Å²) in [4.78, 5) is 0. The first kappa shape index (κ1) is 23.5. The molecule has 0 amide bonds. The molecule has 1 saturated carbocycles. The quantitative estimate of drug-likeness (QED) is 0.226. The highest BCUT2D eigenvalue weighted by molar-refractivity contribution is 5.33. The van der Waals surface area contributed by atoms with Crippen LogP contribution in [-0.2, 0) is 6.11 Å². The van der Waals surface area contributed by atoms with Crippen LogP contribution in [0.15, 0.2) is 30.3 Å². The summed E-state index contributed by atoms with van der Waals surface area (Å²) < 4.78 is 87.1. The predicted molar refractivity (Wildman–Crippen MR) is 106 cm³/mol. The van der Waals surface area contributed by atoms with Gasteiger partial charge in [-0.05, 0) is 67.3 Å². The van der Waals surface area contributed by atoms with Crippen molar-refractivity contribution in [1.29, 1.82) is 0 Å². The highest BCUT2D eigenvalue weighted by Crippen LogP contribution is 2.40. The molecule has 1 aliphatic rings. The van der Waals surface area contributed by atoms with Gasteiger partial charge < -0.3 is 4.74 Å². The van der Waals surface area contributed by atoms with E-state index in [0.717, 1.165) is 37.3 Å². The molecule has 31 heavy (non-hydrogen) atoms. The van der Waals surface area contributed by atoms with Gasteiger partial charge in [-0.1, -0.05) is 38.7 Å². The molecule has 0 heterocycles. The van der Waals surface area contributed by atoms with Crippen molar-refractivity contribution in [2.75, 3.05) is 0 Å². The Hall–Kier alpha value is -2.18. The molecule has 0 aliphatic heterocycles. The highest BCUT2D eigenvalue weighted by atomic mass is 19.3. The monoisotopic (exact) mass is 444 g/mol. The van der Waals surface area contributed by atoms with Crippen LogP contribution >= 0.6 is 0 Å². The first-order chi connectivity index (χ1) is 14.7. The summed E-state index contributed by atoms with van der Waals surface area (Å²) in [5, 5.41) is 0. The molecule has 0 radical (unpaired) electrons. The lowest BCUT2D eigenvalue weighted by Crippen LogP contribution is -2.23. The SMILES string of the molecule is CCCCCC1CCC(c2ccc(OC(F)(F)c3cc(F)c(F)c(F)c3)c(F)c2)CC1. The molecule has 7 heteroatoms. The molecule has 0 N–H and O–H groups in total. The number of benzene rings is 2. The van der Waals surface area contributed by atoms with Gasteiger partial charge in [-0.2, -0.15) is 8.78 Å². The summed E-state index contributed by atoms with van der Waals surface area (Å²) in [5.74, 6) is -6.30. The van der Waals surface area contributed by atoms with Crippen molar-refractivity contribution in [2.45, 2.75) is 70.3 Å². The first-order valence-electron chi connectivity index (χ1n) is 10.7. The van der Waals surface area contributed by atoms with E-state index >= 15 is 0 Å². The lowest BCUT2D eigenvalue weighted by atomic mass is 9.77. The third-order valence-corrected chi connectivity index (χ3v) is 6.05. The topological polar surface area (TPSA) is 9.23 Å². The fraction of sp³-hybridized carbons (Fsp3) is 0.500. The van der Waals surface area contributed by atoms with E-state index in [1.807, 2.05) is 0 Å². The maximum Gasteiger partial charge on any atom is 0.427 e. The Kier molecular flexibility index (Phi) is 7.55. The summed E-state index contributed by atoms with van der Waals surface area (Å²) in [6.45, 7) is 2.17. The van der Waals surface area contributed by atoms with Crippen LogP contribution in [0.5, 0.6) is 5.75 Å². The lowest BCUT2D eigenvalue weighted by molar-refractivity contribution is -0.187. The van der Waals surface area contributed by atoms with E-state index in [9.17, 15) is 26.3 Å². The molecule has 0 atom stereocenters. The number of rotatable bonds is 8. The Balaban J connectivity index is 1.66. The van der Waals surface area contributed by atoms with Gasteiger partial charge in [0.2, 0.25) is 0 Å². The van der Waals surface area contributed by atoms with Gasteiger partial charge in [0, 0.05) is 0 Å². The average molecular weight is 444 g/mol. The van der Waals surface area contributed by atoms with Crippen LogP contribution in [0.1, 0.15) is 75.3 Å². The summed E-state index contributed by atoms with van der Waals surface area (Å²) >= 11 is 0. The Morgan fingerprint density at radius 1 is 0.871 bits per heavy atom. The van der Waals surface area contributed by atoms with Gasteiger partial charge in [0.05, 0.1) is 5.56 Å². The molecule has 1 aliphatic carbocycles. The molecule has 3 rings (SSSR count). The second kappa shape index (κ2) is 9.96. The number of ether oxygens (including phenoxy) is 1. The van der Waals surface area contributed by atoms with Crippen LogP contribution in [0, 0.1) is 29.2 Å². The van der Waals surface area contributed by atoms with E-state index in [1.165, 1.54) is 31.7 Å². The number of hydrogen-bond acceptors (Lipinski definition) is 1. The maximum absolute atomic E-state index is 14.5. The average Bonchev–Trinajstić information content (AvgIpc) is 2.73. The van der Waals surface area contributed by atoms with E-state index in [4.69, 9.17) is 0 Å².